The number of rotatable bonds is 2. The van der Waals surface area contributed by atoms with E-state index < -0.39 is 13.1 Å². The molecule has 1 aliphatic carbocycles. The molecule has 0 radical (unpaired) electrons. The molecule has 1 aliphatic heterocycles. The molecule has 1 saturated carbocycles. The summed E-state index contributed by atoms with van der Waals surface area (Å²) in [5.41, 5.74) is 0.927. The molecule has 0 bridgehead atoms. The molecule has 0 atom stereocenters. The molecule has 1 aromatic heterocycles. The molecule has 0 amide bonds. The van der Waals surface area contributed by atoms with Gasteiger partial charge in [0.05, 0.1) is 11.2 Å². The standard InChI is InChI=1S/C15H21BFNO2/c1-14(2)15(3,4)20-16(19-14)11-8-9-12(17)18-13(11)10-6-5-7-10/h8-10H,5-7H2,1-4H3. The smallest absolute Gasteiger partial charge is 0.399 e. The molecule has 0 spiro atoms. The van der Waals surface area contributed by atoms with E-state index in [1.807, 2.05) is 27.7 Å². The number of hydrogen-bond donors (Lipinski definition) is 0. The summed E-state index contributed by atoms with van der Waals surface area (Å²) in [5, 5.41) is 0. The third kappa shape index (κ3) is 2.17. The van der Waals surface area contributed by atoms with Crippen LogP contribution >= 0.6 is 0 Å². The largest absolute Gasteiger partial charge is 0.496 e. The Kier molecular flexibility index (Phi) is 3.18. The molecular weight excluding hydrogens is 256 g/mol. The first-order chi connectivity index (χ1) is 9.30. The average molecular weight is 277 g/mol. The monoisotopic (exact) mass is 277 g/mol. The fourth-order valence-corrected chi connectivity index (χ4v) is 2.64. The molecule has 5 heteroatoms. The summed E-state index contributed by atoms with van der Waals surface area (Å²) in [6.45, 7) is 8.08. The van der Waals surface area contributed by atoms with E-state index in [1.165, 1.54) is 12.5 Å². The Bertz CT molecular complexity index is 513. The Balaban J connectivity index is 1.95. The van der Waals surface area contributed by atoms with Gasteiger partial charge in [0, 0.05) is 17.1 Å². The van der Waals surface area contributed by atoms with Crippen LogP contribution < -0.4 is 5.46 Å². The average Bonchev–Trinajstić information content (AvgIpc) is 2.45. The van der Waals surface area contributed by atoms with Gasteiger partial charge in [-0.15, -0.1) is 0 Å². The van der Waals surface area contributed by atoms with E-state index in [9.17, 15) is 4.39 Å². The third-order valence-electron chi connectivity index (χ3n) is 4.92. The van der Waals surface area contributed by atoms with E-state index in [0.717, 1.165) is 24.0 Å². The van der Waals surface area contributed by atoms with Gasteiger partial charge in [0.1, 0.15) is 0 Å². The van der Waals surface area contributed by atoms with Crippen molar-refractivity contribution in [3.05, 3.63) is 23.8 Å². The Morgan fingerprint density at radius 2 is 1.75 bits per heavy atom. The molecule has 20 heavy (non-hydrogen) atoms. The van der Waals surface area contributed by atoms with Gasteiger partial charge in [-0.05, 0) is 46.6 Å². The highest BCUT2D eigenvalue weighted by Crippen LogP contribution is 2.39. The first-order valence-electron chi connectivity index (χ1n) is 7.32. The summed E-state index contributed by atoms with van der Waals surface area (Å²) in [7, 11) is -0.455. The lowest BCUT2D eigenvalue weighted by molar-refractivity contribution is 0.00578. The van der Waals surface area contributed by atoms with E-state index in [1.54, 1.807) is 6.07 Å². The van der Waals surface area contributed by atoms with E-state index in [0.29, 0.717) is 5.92 Å². The van der Waals surface area contributed by atoms with Crippen LogP contribution in [0.1, 0.15) is 58.6 Å². The van der Waals surface area contributed by atoms with Crippen LogP contribution in [-0.4, -0.2) is 23.3 Å². The lowest BCUT2D eigenvalue weighted by Gasteiger charge is -2.32. The molecule has 3 rings (SSSR count). The second-order valence-electron chi connectivity index (χ2n) is 6.82. The topological polar surface area (TPSA) is 31.4 Å². The second kappa shape index (κ2) is 4.53. The first-order valence-corrected chi connectivity index (χ1v) is 7.32. The number of nitrogens with zero attached hydrogens (tertiary/aromatic N) is 1. The van der Waals surface area contributed by atoms with Gasteiger partial charge in [0.15, 0.2) is 0 Å². The number of aromatic nitrogens is 1. The van der Waals surface area contributed by atoms with Crippen LogP contribution in [0.4, 0.5) is 4.39 Å². The van der Waals surface area contributed by atoms with Crippen LogP contribution in [-0.2, 0) is 9.31 Å². The quantitative estimate of drug-likeness (QED) is 0.615. The second-order valence-corrected chi connectivity index (χ2v) is 6.82. The predicted octanol–water partition coefficient (Wildman–Crippen LogP) is 2.79. The van der Waals surface area contributed by atoms with Gasteiger partial charge >= 0.3 is 7.12 Å². The highest BCUT2D eigenvalue weighted by atomic mass is 19.1. The molecular formula is C15H21BFNO2. The normalized spacial score (nSPS) is 24.8. The lowest BCUT2D eigenvalue weighted by Crippen LogP contribution is -2.41. The Labute approximate surface area is 120 Å². The number of hydrogen-bond acceptors (Lipinski definition) is 3. The van der Waals surface area contributed by atoms with Gasteiger partial charge in [-0.2, -0.15) is 4.39 Å². The summed E-state index contributed by atoms with van der Waals surface area (Å²) in [5.74, 6) is -0.0770. The van der Waals surface area contributed by atoms with Crippen molar-refractivity contribution in [2.75, 3.05) is 0 Å². The maximum atomic E-state index is 13.5. The zero-order valence-corrected chi connectivity index (χ0v) is 12.6. The number of halogens is 1. The molecule has 1 saturated heterocycles. The fraction of sp³-hybridized carbons (Fsp3) is 0.667. The van der Waals surface area contributed by atoms with Gasteiger partial charge < -0.3 is 9.31 Å². The van der Waals surface area contributed by atoms with Gasteiger partial charge in [-0.1, -0.05) is 12.5 Å². The summed E-state index contributed by atoms with van der Waals surface area (Å²) < 4.78 is 25.6. The fourth-order valence-electron chi connectivity index (χ4n) is 2.64. The minimum atomic E-state index is -0.455. The van der Waals surface area contributed by atoms with Crippen molar-refractivity contribution in [1.29, 1.82) is 0 Å². The molecule has 2 aliphatic rings. The van der Waals surface area contributed by atoms with E-state index in [2.05, 4.69) is 4.98 Å². The Morgan fingerprint density at radius 1 is 1.15 bits per heavy atom. The van der Waals surface area contributed by atoms with Crippen molar-refractivity contribution in [2.45, 2.75) is 64.1 Å². The van der Waals surface area contributed by atoms with Crippen LogP contribution in [0, 0.1) is 5.95 Å². The van der Waals surface area contributed by atoms with Crippen LogP contribution in [0.25, 0.3) is 0 Å². The van der Waals surface area contributed by atoms with Crippen molar-refractivity contribution in [3.8, 4) is 0 Å². The van der Waals surface area contributed by atoms with Crippen molar-refractivity contribution in [3.63, 3.8) is 0 Å². The molecule has 0 unspecified atom stereocenters. The molecule has 0 aromatic carbocycles. The molecule has 2 heterocycles. The molecule has 0 N–H and O–H groups in total. The van der Waals surface area contributed by atoms with E-state index in [-0.39, 0.29) is 11.2 Å². The first kappa shape index (κ1) is 14.0. The Hall–Kier alpha value is -0.935. The minimum Gasteiger partial charge on any atom is -0.399 e. The maximum absolute atomic E-state index is 13.5. The zero-order valence-electron chi connectivity index (χ0n) is 12.6. The van der Waals surface area contributed by atoms with Crippen molar-refractivity contribution >= 4 is 12.6 Å². The highest BCUT2D eigenvalue weighted by Gasteiger charge is 2.52. The SMILES string of the molecule is CC1(C)OB(c2ccc(F)nc2C2CCC2)OC1(C)C. The summed E-state index contributed by atoms with van der Waals surface area (Å²) in [4.78, 5) is 4.11. The lowest BCUT2D eigenvalue weighted by atomic mass is 9.71. The van der Waals surface area contributed by atoms with E-state index in [4.69, 9.17) is 9.31 Å². The number of pyridine rings is 1. The summed E-state index contributed by atoms with van der Waals surface area (Å²) >= 11 is 0. The van der Waals surface area contributed by atoms with Crippen molar-refractivity contribution in [2.24, 2.45) is 0 Å². The van der Waals surface area contributed by atoms with Crippen LogP contribution in [0.3, 0.4) is 0 Å². The van der Waals surface area contributed by atoms with Gasteiger partial charge in [0.25, 0.3) is 0 Å². The van der Waals surface area contributed by atoms with Crippen molar-refractivity contribution in [1.82, 2.24) is 4.98 Å². The highest BCUT2D eigenvalue weighted by molar-refractivity contribution is 6.62. The molecule has 1 aromatic rings. The predicted molar refractivity (Wildman–Crippen MR) is 76.5 cm³/mol. The molecule has 3 nitrogen and oxygen atoms in total. The zero-order chi connectivity index (χ0) is 14.5. The third-order valence-corrected chi connectivity index (χ3v) is 4.92. The van der Waals surface area contributed by atoms with Gasteiger partial charge in [-0.25, -0.2) is 4.98 Å². The van der Waals surface area contributed by atoms with E-state index >= 15 is 0 Å². The van der Waals surface area contributed by atoms with Crippen LogP contribution in [0.5, 0.6) is 0 Å². The minimum absolute atomic E-state index is 0.347. The Morgan fingerprint density at radius 3 is 2.25 bits per heavy atom. The van der Waals surface area contributed by atoms with Gasteiger partial charge in [-0.3, -0.25) is 0 Å². The molecule has 2 fully saturated rings. The maximum Gasteiger partial charge on any atom is 0.496 e. The molecule has 108 valence electrons. The van der Waals surface area contributed by atoms with Gasteiger partial charge in [0.2, 0.25) is 5.95 Å². The van der Waals surface area contributed by atoms with Crippen LogP contribution in [0.15, 0.2) is 12.1 Å². The van der Waals surface area contributed by atoms with Crippen molar-refractivity contribution < 1.29 is 13.7 Å². The summed E-state index contributed by atoms with van der Waals surface area (Å²) in [6.07, 6.45) is 3.33. The summed E-state index contributed by atoms with van der Waals surface area (Å²) in [6, 6.07) is 3.15. The van der Waals surface area contributed by atoms with Crippen LogP contribution in [0.2, 0.25) is 0 Å².